The summed E-state index contributed by atoms with van der Waals surface area (Å²) in [6.45, 7) is 2.24. The Balaban J connectivity index is -0.00000128. The number of carbonyl (C=O) groups excluding carboxylic acids is 1. The molecule has 0 aromatic heterocycles. The van der Waals surface area contributed by atoms with Gasteiger partial charge in [-0.1, -0.05) is 71.1 Å². The molecule has 0 fully saturated rings. The van der Waals surface area contributed by atoms with E-state index in [2.05, 4.69) is 11.8 Å². The van der Waals surface area contributed by atoms with E-state index in [-0.39, 0.29) is 40.4 Å². The summed E-state index contributed by atoms with van der Waals surface area (Å²) >= 11 is 0. The van der Waals surface area contributed by atoms with E-state index in [9.17, 15) is 4.79 Å². The van der Waals surface area contributed by atoms with Crippen molar-refractivity contribution in [3.63, 3.8) is 0 Å². The first kappa shape index (κ1) is 24.7. The fraction of sp³-hybridized carbons (Fsp3) is 0.929. The van der Waals surface area contributed by atoms with Crippen molar-refractivity contribution in [3.05, 3.63) is 0 Å². The molecule has 0 amide bonds. The average molecular weight is 296 g/mol. The molecule has 0 aliphatic heterocycles. The monoisotopic (exact) mass is 295 g/mol. The summed E-state index contributed by atoms with van der Waals surface area (Å²) in [6.07, 6.45) is 14.2. The van der Waals surface area contributed by atoms with Crippen LogP contribution in [0.5, 0.6) is 0 Å². The van der Waals surface area contributed by atoms with Crippen LogP contribution in [-0.2, 0) is 9.68 Å². The molecule has 3 nitrogen and oxygen atoms in total. The molecule has 0 atom stereocenters. The van der Waals surface area contributed by atoms with Crippen molar-refractivity contribution >= 4 is 46.4 Å². The van der Waals surface area contributed by atoms with Gasteiger partial charge in [0.25, 0.3) is 0 Å². The Morgan fingerprint density at radius 2 is 1.21 bits per heavy atom. The van der Waals surface area contributed by atoms with E-state index in [0.717, 1.165) is 12.8 Å². The zero-order valence-electron chi connectivity index (χ0n) is 12.5. The molecule has 19 heavy (non-hydrogen) atoms. The molecule has 0 saturated carbocycles. The van der Waals surface area contributed by atoms with E-state index in [1.807, 2.05) is 0 Å². The Bertz CT molecular complexity index is 180. The number of hydrogen-bond acceptors (Lipinski definition) is 3. The van der Waals surface area contributed by atoms with Crippen LogP contribution in [0.15, 0.2) is 0 Å². The Labute approximate surface area is 145 Å². The molecule has 0 saturated heterocycles. The van der Waals surface area contributed by atoms with Gasteiger partial charge < -0.3 is 4.89 Å². The number of unbranched alkanes of at least 4 members (excludes halogenated alkanes) is 10. The molecular weight excluding hydrogens is 267 g/mol. The fourth-order valence-corrected chi connectivity index (χ4v) is 1.98. The van der Waals surface area contributed by atoms with Crippen LogP contribution in [0, 0.1) is 0 Å². The molecule has 0 aromatic rings. The molecule has 0 rings (SSSR count). The second-order valence-electron chi connectivity index (χ2n) is 4.75. The van der Waals surface area contributed by atoms with Crippen molar-refractivity contribution in [3.8, 4) is 0 Å². The molecule has 5 heteroatoms. The van der Waals surface area contributed by atoms with Crippen LogP contribution in [0.25, 0.3) is 0 Å². The van der Waals surface area contributed by atoms with Gasteiger partial charge >= 0.3 is 46.4 Å². The number of carbonyl (C=O) groups is 1. The van der Waals surface area contributed by atoms with Gasteiger partial charge in [-0.15, -0.1) is 0 Å². The molecule has 0 aliphatic carbocycles. The summed E-state index contributed by atoms with van der Waals surface area (Å²) in [6, 6.07) is 0. The molecule has 0 unspecified atom stereocenters. The van der Waals surface area contributed by atoms with Gasteiger partial charge in [0.1, 0.15) is 0 Å². The maximum atomic E-state index is 10.6. The predicted molar refractivity (Wildman–Crippen MR) is 81.3 cm³/mol. The minimum Gasteiger partial charge on any atom is -0.301 e. The number of hydrogen-bond donors (Lipinski definition) is 1. The van der Waals surface area contributed by atoms with Crippen LogP contribution in [0.2, 0.25) is 0 Å². The standard InChI is InChI=1S/C14H28O3.Al.Mg/c1-2-3-4-5-6-7-8-9-10-11-12-13-14(15)17-16;;/h16H,2-13H2,1H3;;/q;+3;+2. The molecule has 0 radical (unpaired) electrons. The third-order valence-corrected chi connectivity index (χ3v) is 3.09. The van der Waals surface area contributed by atoms with E-state index in [1.165, 1.54) is 57.8 Å². The van der Waals surface area contributed by atoms with Gasteiger partial charge in [-0.2, -0.15) is 5.26 Å². The zero-order valence-corrected chi connectivity index (χ0v) is 15.1. The smallest absolute Gasteiger partial charge is 0.301 e. The molecule has 0 spiro atoms. The van der Waals surface area contributed by atoms with Crippen LogP contribution in [0.3, 0.4) is 0 Å². The summed E-state index contributed by atoms with van der Waals surface area (Å²) in [5.41, 5.74) is 0. The van der Waals surface area contributed by atoms with E-state index >= 15 is 0 Å². The molecule has 1 N–H and O–H groups in total. The average Bonchev–Trinajstić information content (AvgIpc) is 2.35. The molecule has 0 aliphatic rings. The second kappa shape index (κ2) is 21.0. The first-order valence-electron chi connectivity index (χ1n) is 7.15. The molecular formula is C14H28AlMgO3+5. The third kappa shape index (κ3) is 21.2. The fourth-order valence-electron chi connectivity index (χ4n) is 1.98. The first-order valence-corrected chi connectivity index (χ1v) is 7.15. The normalized spacial score (nSPS) is 9.37. The molecule has 0 aromatic carbocycles. The number of rotatable bonds is 12. The van der Waals surface area contributed by atoms with Gasteiger partial charge in [0, 0.05) is 6.42 Å². The SMILES string of the molecule is CCCCCCCCCCCCCC(=O)OO.[Al+3].[Mg+2]. The summed E-state index contributed by atoms with van der Waals surface area (Å²) in [5, 5.41) is 8.05. The van der Waals surface area contributed by atoms with Gasteiger partial charge in [-0.25, -0.2) is 4.79 Å². The maximum absolute atomic E-state index is 10.6. The van der Waals surface area contributed by atoms with Crippen LogP contribution < -0.4 is 0 Å². The van der Waals surface area contributed by atoms with Gasteiger partial charge in [-0.05, 0) is 6.42 Å². The van der Waals surface area contributed by atoms with Crippen molar-refractivity contribution in [2.75, 3.05) is 0 Å². The second-order valence-corrected chi connectivity index (χ2v) is 4.75. The maximum Gasteiger partial charge on any atom is 3.00 e. The van der Waals surface area contributed by atoms with E-state index < -0.39 is 5.97 Å². The van der Waals surface area contributed by atoms with E-state index in [4.69, 9.17) is 5.26 Å². The van der Waals surface area contributed by atoms with Crippen molar-refractivity contribution in [2.24, 2.45) is 0 Å². The van der Waals surface area contributed by atoms with Crippen molar-refractivity contribution in [2.45, 2.75) is 84.0 Å². The van der Waals surface area contributed by atoms with Crippen molar-refractivity contribution in [1.29, 1.82) is 0 Å². The van der Waals surface area contributed by atoms with Crippen LogP contribution in [-0.4, -0.2) is 51.6 Å². The minimum atomic E-state index is -0.513. The zero-order chi connectivity index (χ0) is 12.8. The quantitative estimate of drug-likeness (QED) is 0.257. The molecule has 102 valence electrons. The minimum absolute atomic E-state index is 0. The molecule has 0 bridgehead atoms. The Hall–Kier alpha value is 0.729. The Morgan fingerprint density at radius 1 is 0.842 bits per heavy atom. The predicted octanol–water partition coefficient (Wildman–Crippen LogP) is 3.94. The summed E-state index contributed by atoms with van der Waals surface area (Å²) < 4.78 is 0. The third-order valence-electron chi connectivity index (χ3n) is 3.09. The van der Waals surface area contributed by atoms with Crippen LogP contribution in [0.4, 0.5) is 0 Å². The van der Waals surface area contributed by atoms with Crippen LogP contribution >= 0.6 is 0 Å². The summed E-state index contributed by atoms with van der Waals surface area (Å²) in [4.78, 5) is 14.2. The largest absolute Gasteiger partial charge is 3.00 e. The topological polar surface area (TPSA) is 46.5 Å². The Morgan fingerprint density at radius 3 is 1.58 bits per heavy atom. The van der Waals surface area contributed by atoms with Gasteiger partial charge in [0.2, 0.25) is 0 Å². The summed E-state index contributed by atoms with van der Waals surface area (Å²) in [7, 11) is 0. The van der Waals surface area contributed by atoms with Crippen molar-refractivity contribution in [1.82, 2.24) is 0 Å². The van der Waals surface area contributed by atoms with Gasteiger partial charge in [0.15, 0.2) is 0 Å². The summed E-state index contributed by atoms with van der Waals surface area (Å²) in [5.74, 6) is -0.513. The van der Waals surface area contributed by atoms with Crippen LogP contribution in [0.1, 0.15) is 84.0 Å². The Kier molecular flexibility index (Phi) is 27.4. The van der Waals surface area contributed by atoms with E-state index in [1.54, 1.807) is 0 Å². The first-order chi connectivity index (χ1) is 8.31. The molecule has 0 heterocycles. The van der Waals surface area contributed by atoms with Gasteiger partial charge in [-0.3, -0.25) is 0 Å². The van der Waals surface area contributed by atoms with Gasteiger partial charge in [0.05, 0.1) is 0 Å². The van der Waals surface area contributed by atoms with Crippen molar-refractivity contribution < 1.29 is 14.9 Å². The van der Waals surface area contributed by atoms with E-state index in [0.29, 0.717) is 6.42 Å².